The first-order valence-electron chi connectivity index (χ1n) is 6.25. The van der Waals surface area contributed by atoms with Gasteiger partial charge >= 0.3 is 0 Å². The minimum Gasteiger partial charge on any atom is -0.481 e. The molecule has 0 aliphatic rings. The number of rotatable bonds is 3. The monoisotopic (exact) mass is 249 g/mol. The Morgan fingerprint density at radius 3 is 2.39 bits per heavy atom. The van der Waals surface area contributed by atoms with Gasteiger partial charge in [0.2, 0.25) is 0 Å². The van der Waals surface area contributed by atoms with Crippen LogP contribution >= 0.6 is 0 Å². The number of benzene rings is 1. The standard InChI is InChI=1S/C15H23NO2/c1-10-7-8-13(11(2)9-10)18-12(3)14(17)16-15(4,5)6/h7-9,12H,1-6H3,(H,16,17)/t12-/m0/s1. The molecule has 1 rings (SSSR count). The zero-order valence-electron chi connectivity index (χ0n) is 12.1. The molecule has 0 spiro atoms. The molecule has 0 fully saturated rings. The van der Waals surface area contributed by atoms with Crippen LogP contribution in [0.25, 0.3) is 0 Å². The summed E-state index contributed by atoms with van der Waals surface area (Å²) >= 11 is 0. The fraction of sp³-hybridized carbons (Fsp3) is 0.533. The van der Waals surface area contributed by atoms with E-state index in [4.69, 9.17) is 4.74 Å². The molecule has 0 radical (unpaired) electrons. The fourth-order valence-corrected chi connectivity index (χ4v) is 1.65. The summed E-state index contributed by atoms with van der Waals surface area (Å²) < 4.78 is 5.70. The van der Waals surface area contributed by atoms with Gasteiger partial charge in [-0.1, -0.05) is 17.7 Å². The van der Waals surface area contributed by atoms with Gasteiger partial charge in [0.05, 0.1) is 0 Å². The maximum Gasteiger partial charge on any atom is 0.261 e. The molecule has 1 atom stereocenters. The molecule has 0 aromatic heterocycles. The Kier molecular flexibility index (Phi) is 4.38. The molecule has 0 saturated carbocycles. The molecule has 1 aromatic rings. The van der Waals surface area contributed by atoms with E-state index in [0.29, 0.717) is 0 Å². The number of carbonyl (C=O) groups is 1. The Hall–Kier alpha value is -1.51. The van der Waals surface area contributed by atoms with Crippen LogP contribution in [0.3, 0.4) is 0 Å². The topological polar surface area (TPSA) is 38.3 Å². The maximum absolute atomic E-state index is 11.9. The summed E-state index contributed by atoms with van der Waals surface area (Å²) in [5, 5.41) is 2.91. The summed E-state index contributed by atoms with van der Waals surface area (Å²) in [6.45, 7) is 11.6. The largest absolute Gasteiger partial charge is 0.481 e. The maximum atomic E-state index is 11.9. The van der Waals surface area contributed by atoms with Crippen LogP contribution in [0.1, 0.15) is 38.8 Å². The number of carbonyl (C=O) groups excluding carboxylic acids is 1. The molecule has 0 unspecified atom stereocenters. The van der Waals surface area contributed by atoms with Crippen molar-refractivity contribution in [1.82, 2.24) is 5.32 Å². The SMILES string of the molecule is Cc1ccc(O[C@@H](C)C(=O)NC(C)(C)C)c(C)c1. The van der Waals surface area contributed by atoms with Crippen molar-refractivity contribution in [2.45, 2.75) is 53.2 Å². The number of nitrogens with one attached hydrogen (secondary N) is 1. The summed E-state index contributed by atoms with van der Waals surface area (Å²) in [4.78, 5) is 11.9. The molecule has 1 N–H and O–H groups in total. The second-order valence-electron chi connectivity index (χ2n) is 5.77. The molecule has 100 valence electrons. The van der Waals surface area contributed by atoms with Crippen molar-refractivity contribution in [3.05, 3.63) is 29.3 Å². The molecular formula is C15H23NO2. The molecule has 0 heterocycles. The van der Waals surface area contributed by atoms with E-state index < -0.39 is 6.10 Å². The van der Waals surface area contributed by atoms with E-state index in [2.05, 4.69) is 5.32 Å². The zero-order valence-corrected chi connectivity index (χ0v) is 12.1. The summed E-state index contributed by atoms with van der Waals surface area (Å²) in [5.74, 6) is 0.666. The number of amides is 1. The highest BCUT2D eigenvalue weighted by Crippen LogP contribution is 2.20. The molecule has 0 saturated heterocycles. The lowest BCUT2D eigenvalue weighted by atomic mass is 10.1. The third-order valence-corrected chi connectivity index (χ3v) is 2.50. The highest BCUT2D eigenvalue weighted by Gasteiger charge is 2.20. The van der Waals surface area contributed by atoms with E-state index in [0.717, 1.165) is 11.3 Å². The van der Waals surface area contributed by atoms with Gasteiger partial charge in [0.15, 0.2) is 6.10 Å². The molecular weight excluding hydrogens is 226 g/mol. The van der Waals surface area contributed by atoms with Crippen molar-refractivity contribution in [1.29, 1.82) is 0 Å². The molecule has 0 aliphatic heterocycles. The van der Waals surface area contributed by atoms with Crippen LogP contribution in [0.2, 0.25) is 0 Å². The molecule has 3 heteroatoms. The molecule has 0 aliphatic carbocycles. The summed E-state index contributed by atoms with van der Waals surface area (Å²) in [7, 11) is 0. The van der Waals surface area contributed by atoms with Crippen LogP contribution in [0, 0.1) is 13.8 Å². The zero-order chi connectivity index (χ0) is 13.9. The Morgan fingerprint density at radius 1 is 1.28 bits per heavy atom. The van der Waals surface area contributed by atoms with Crippen molar-refractivity contribution in [2.24, 2.45) is 0 Å². The number of aryl methyl sites for hydroxylation is 2. The first-order valence-corrected chi connectivity index (χ1v) is 6.25. The first-order chi connectivity index (χ1) is 8.19. The van der Waals surface area contributed by atoms with Crippen molar-refractivity contribution >= 4 is 5.91 Å². The average molecular weight is 249 g/mol. The minimum atomic E-state index is -0.495. The van der Waals surface area contributed by atoms with Gasteiger partial charge in [0, 0.05) is 5.54 Å². The molecule has 1 amide bonds. The number of hydrogen-bond donors (Lipinski definition) is 1. The fourth-order valence-electron chi connectivity index (χ4n) is 1.65. The van der Waals surface area contributed by atoms with Crippen molar-refractivity contribution < 1.29 is 9.53 Å². The van der Waals surface area contributed by atoms with Gasteiger partial charge in [0.1, 0.15) is 5.75 Å². The minimum absolute atomic E-state index is 0.0949. The van der Waals surface area contributed by atoms with Gasteiger partial charge in [0.25, 0.3) is 5.91 Å². The predicted molar refractivity (Wildman–Crippen MR) is 73.9 cm³/mol. The number of ether oxygens (including phenoxy) is 1. The van der Waals surface area contributed by atoms with Crippen LogP contribution in [-0.4, -0.2) is 17.6 Å². The van der Waals surface area contributed by atoms with E-state index in [-0.39, 0.29) is 11.4 Å². The van der Waals surface area contributed by atoms with Crippen LogP contribution in [0.4, 0.5) is 0 Å². The number of hydrogen-bond acceptors (Lipinski definition) is 2. The van der Waals surface area contributed by atoms with Gasteiger partial charge in [-0.3, -0.25) is 4.79 Å². The molecule has 18 heavy (non-hydrogen) atoms. The van der Waals surface area contributed by atoms with E-state index in [1.165, 1.54) is 5.56 Å². The van der Waals surface area contributed by atoms with E-state index in [1.54, 1.807) is 6.92 Å². The summed E-state index contributed by atoms with van der Waals surface area (Å²) in [5.41, 5.74) is 1.99. The van der Waals surface area contributed by atoms with Gasteiger partial charge in [-0.05, 0) is 53.2 Å². The lowest BCUT2D eigenvalue weighted by Gasteiger charge is -2.24. The van der Waals surface area contributed by atoms with Gasteiger partial charge in [-0.25, -0.2) is 0 Å². The Balaban J connectivity index is 2.69. The van der Waals surface area contributed by atoms with Crippen molar-refractivity contribution in [3.63, 3.8) is 0 Å². The highest BCUT2D eigenvalue weighted by atomic mass is 16.5. The Labute approximate surface area is 110 Å². The normalized spacial score (nSPS) is 13.0. The van der Waals surface area contributed by atoms with Crippen LogP contribution < -0.4 is 10.1 Å². The Bertz CT molecular complexity index is 433. The molecule has 3 nitrogen and oxygen atoms in total. The van der Waals surface area contributed by atoms with E-state index >= 15 is 0 Å². The van der Waals surface area contributed by atoms with Crippen LogP contribution in [0.15, 0.2) is 18.2 Å². The summed E-state index contributed by atoms with van der Waals surface area (Å²) in [6, 6.07) is 5.94. The molecule has 0 bridgehead atoms. The third kappa shape index (κ3) is 4.40. The van der Waals surface area contributed by atoms with Crippen LogP contribution in [-0.2, 0) is 4.79 Å². The lowest BCUT2D eigenvalue weighted by Crippen LogP contribution is -2.46. The van der Waals surface area contributed by atoms with E-state index in [9.17, 15) is 4.79 Å². The average Bonchev–Trinajstić information content (AvgIpc) is 2.19. The van der Waals surface area contributed by atoms with Gasteiger partial charge in [-0.15, -0.1) is 0 Å². The van der Waals surface area contributed by atoms with Crippen molar-refractivity contribution in [3.8, 4) is 5.75 Å². The second-order valence-corrected chi connectivity index (χ2v) is 5.77. The third-order valence-electron chi connectivity index (χ3n) is 2.50. The smallest absolute Gasteiger partial charge is 0.261 e. The van der Waals surface area contributed by atoms with Gasteiger partial charge in [-0.2, -0.15) is 0 Å². The predicted octanol–water partition coefficient (Wildman–Crippen LogP) is 2.99. The lowest BCUT2D eigenvalue weighted by molar-refractivity contribution is -0.128. The van der Waals surface area contributed by atoms with Gasteiger partial charge < -0.3 is 10.1 Å². The Morgan fingerprint density at radius 2 is 1.89 bits per heavy atom. The highest BCUT2D eigenvalue weighted by molar-refractivity contribution is 5.81. The quantitative estimate of drug-likeness (QED) is 0.894. The summed E-state index contributed by atoms with van der Waals surface area (Å²) in [6.07, 6.45) is -0.495. The first kappa shape index (κ1) is 14.6. The van der Waals surface area contributed by atoms with Crippen LogP contribution in [0.5, 0.6) is 5.75 Å². The van der Waals surface area contributed by atoms with Crippen molar-refractivity contribution in [2.75, 3.05) is 0 Å². The second kappa shape index (κ2) is 5.42. The van der Waals surface area contributed by atoms with E-state index in [1.807, 2.05) is 52.8 Å². The molecule has 1 aromatic carbocycles.